The van der Waals surface area contributed by atoms with Crippen molar-refractivity contribution in [2.45, 2.75) is 25.8 Å². The van der Waals surface area contributed by atoms with E-state index in [9.17, 15) is 4.79 Å². The minimum atomic E-state index is -0.829. The molecule has 1 aliphatic carbocycles. The number of carbonyl (C=O) groups is 1. The summed E-state index contributed by atoms with van der Waals surface area (Å²) in [5, 5.41) is 12.1. The molecular formula is C11H15NO2S. The first-order chi connectivity index (χ1) is 7.25. The molecule has 0 amide bonds. The quantitative estimate of drug-likeness (QED) is 0.731. The van der Waals surface area contributed by atoms with Crippen LogP contribution in [0.5, 0.6) is 0 Å². The van der Waals surface area contributed by atoms with Crippen molar-refractivity contribution in [3.8, 4) is 0 Å². The Balaban J connectivity index is 1.70. The summed E-state index contributed by atoms with van der Waals surface area (Å²) in [6.45, 7) is 1.84. The van der Waals surface area contributed by atoms with Gasteiger partial charge in [0, 0.05) is 11.4 Å². The van der Waals surface area contributed by atoms with Crippen molar-refractivity contribution >= 4 is 17.3 Å². The maximum Gasteiger partial charge on any atom is 0.345 e. The highest BCUT2D eigenvalue weighted by atomic mass is 32.1. The molecule has 0 unspecified atom stereocenters. The second kappa shape index (κ2) is 4.77. The van der Waals surface area contributed by atoms with E-state index in [1.54, 1.807) is 6.07 Å². The fourth-order valence-electron chi connectivity index (χ4n) is 1.51. The molecule has 2 N–H and O–H groups in total. The molecule has 1 aliphatic rings. The molecule has 1 fully saturated rings. The lowest BCUT2D eigenvalue weighted by Gasteiger charge is -2.00. The van der Waals surface area contributed by atoms with E-state index in [1.165, 1.54) is 30.6 Å². The molecule has 1 aromatic rings. The van der Waals surface area contributed by atoms with E-state index in [2.05, 4.69) is 5.32 Å². The third-order valence-electron chi connectivity index (χ3n) is 2.60. The number of hydrogen-bond donors (Lipinski definition) is 2. The van der Waals surface area contributed by atoms with E-state index in [0.29, 0.717) is 4.88 Å². The van der Waals surface area contributed by atoms with Crippen molar-refractivity contribution in [1.29, 1.82) is 0 Å². The van der Waals surface area contributed by atoms with Gasteiger partial charge in [0.15, 0.2) is 0 Å². The topological polar surface area (TPSA) is 49.3 Å². The van der Waals surface area contributed by atoms with E-state index in [-0.39, 0.29) is 0 Å². The molecule has 0 radical (unpaired) electrons. The van der Waals surface area contributed by atoms with Crippen LogP contribution in [-0.4, -0.2) is 17.6 Å². The molecule has 3 nitrogen and oxygen atoms in total. The lowest BCUT2D eigenvalue weighted by atomic mass is 10.3. The van der Waals surface area contributed by atoms with Crippen molar-refractivity contribution in [1.82, 2.24) is 5.32 Å². The zero-order valence-electron chi connectivity index (χ0n) is 8.53. The van der Waals surface area contributed by atoms with Gasteiger partial charge in [0.05, 0.1) is 0 Å². The molecule has 1 saturated carbocycles. The highest BCUT2D eigenvalue weighted by Gasteiger charge is 2.19. The van der Waals surface area contributed by atoms with E-state index in [1.807, 2.05) is 6.07 Å². The van der Waals surface area contributed by atoms with Crippen molar-refractivity contribution < 1.29 is 9.90 Å². The van der Waals surface area contributed by atoms with E-state index < -0.39 is 5.97 Å². The maximum atomic E-state index is 10.6. The van der Waals surface area contributed by atoms with Crippen LogP contribution in [0.4, 0.5) is 0 Å². The highest BCUT2D eigenvalue weighted by Crippen LogP contribution is 2.31. The van der Waals surface area contributed by atoms with E-state index in [0.717, 1.165) is 23.9 Å². The first kappa shape index (κ1) is 10.6. The van der Waals surface area contributed by atoms with E-state index in [4.69, 9.17) is 5.11 Å². The van der Waals surface area contributed by atoms with Crippen LogP contribution < -0.4 is 5.32 Å². The zero-order valence-corrected chi connectivity index (χ0v) is 9.35. The van der Waals surface area contributed by atoms with Crippen LogP contribution in [0.2, 0.25) is 0 Å². The van der Waals surface area contributed by atoms with Gasteiger partial charge < -0.3 is 10.4 Å². The molecule has 15 heavy (non-hydrogen) atoms. The number of carboxylic acids is 1. The van der Waals surface area contributed by atoms with Crippen LogP contribution in [0.25, 0.3) is 0 Å². The maximum absolute atomic E-state index is 10.6. The second-order valence-corrected chi connectivity index (χ2v) is 5.15. The Bertz CT molecular complexity index is 344. The summed E-state index contributed by atoms with van der Waals surface area (Å²) in [4.78, 5) is 12.2. The Hall–Kier alpha value is -0.870. The number of thiophene rings is 1. The molecule has 0 spiro atoms. The molecule has 82 valence electrons. The van der Waals surface area contributed by atoms with Gasteiger partial charge in [-0.1, -0.05) is 12.8 Å². The summed E-state index contributed by atoms with van der Waals surface area (Å²) in [6.07, 6.45) is 4.05. The van der Waals surface area contributed by atoms with Gasteiger partial charge in [0.2, 0.25) is 0 Å². The van der Waals surface area contributed by atoms with Crippen LogP contribution in [0.1, 0.15) is 33.8 Å². The van der Waals surface area contributed by atoms with Gasteiger partial charge in [0.25, 0.3) is 0 Å². The molecule has 1 heterocycles. The fourth-order valence-corrected chi connectivity index (χ4v) is 2.33. The van der Waals surface area contributed by atoms with Crippen molar-refractivity contribution in [3.63, 3.8) is 0 Å². The Morgan fingerprint density at radius 1 is 1.53 bits per heavy atom. The number of carboxylic acid groups (broad SMARTS) is 1. The minimum Gasteiger partial charge on any atom is -0.477 e. The number of nitrogens with one attached hydrogen (secondary N) is 1. The molecule has 0 aliphatic heterocycles. The average molecular weight is 225 g/mol. The molecule has 0 atom stereocenters. The van der Waals surface area contributed by atoms with E-state index >= 15 is 0 Å². The predicted molar refractivity (Wildman–Crippen MR) is 60.3 cm³/mol. The van der Waals surface area contributed by atoms with Crippen LogP contribution >= 0.6 is 11.3 Å². The third kappa shape index (κ3) is 3.32. The van der Waals surface area contributed by atoms with Crippen LogP contribution in [0.3, 0.4) is 0 Å². The van der Waals surface area contributed by atoms with Gasteiger partial charge in [-0.25, -0.2) is 4.79 Å². The van der Waals surface area contributed by atoms with Crippen LogP contribution in [-0.2, 0) is 6.54 Å². The summed E-state index contributed by atoms with van der Waals surface area (Å²) in [5.74, 6) is 0.125. The second-order valence-electron chi connectivity index (χ2n) is 3.98. The standard InChI is InChI=1S/C11H15NO2S/c13-11(14)10-4-3-9(15-10)7-12-6-5-8-1-2-8/h3-4,8,12H,1-2,5-7H2,(H,13,14). The Morgan fingerprint density at radius 3 is 2.93 bits per heavy atom. The summed E-state index contributed by atoms with van der Waals surface area (Å²) in [7, 11) is 0. The molecule has 4 heteroatoms. The lowest BCUT2D eigenvalue weighted by Crippen LogP contribution is -2.14. The summed E-state index contributed by atoms with van der Waals surface area (Å²) < 4.78 is 0. The molecule has 1 aromatic heterocycles. The van der Waals surface area contributed by atoms with Crippen LogP contribution in [0.15, 0.2) is 12.1 Å². The first-order valence-electron chi connectivity index (χ1n) is 5.28. The molecular weight excluding hydrogens is 210 g/mol. The normalized spacial score (nSPS) is 15.5. The number of hydrogen-bond acceptors (Lipinski definition) is 3. The predicted octanol–water partition coefficient (Wildman–Crippen LogP) is 2.34. The Labute approximate surface area is 93.1 Å². The highest BCUT2D eigenvalue weighted by molar-refractivity contribution is 7.13. The SMILES string of the molecule is O=C(O)c1ccc(CNCCC2CC2)s1. The third-order valence-corrected chi connectivity index (χ3v) is 3.67. The van der Waals surface area contributed by atoms with Gasteiger partial charge in [-0.15, -0.1) is 11.3 Å². The van der Waals surface area contributed by atoms with Crippen molar-refractivity contribution in [2.75, 3.05) is 6.54 Å². The summed E-state index contributed by atoms with van der Waals surface area (Å²) in [5.41, 5.74) is 0. The number of rotatable bonds is 6. The average Bonchev–Trinajstić information content (AvgIpc) is 2.90. The monoisotopic (exact) mass is 225 g/mol. The molecule has 0 bridgehead atoms. The minimum absolute atomic E-state index is 0.425. The Kier molecular flexibility index (Phi) is 3.38. The summed E-state index contributed by atoms with van der Waals surface area (Å²) >= 11 is 1.35. The van der Waals surface area contributed by atoms with Crippen LogP contribution in [0, 0.1) is 5.92 Å². The van der Waals surface area contributed by atoms with Gasteiger partial charge in [-0.2, -0.15) is 0 Å². The zero-order chi connectivity index (χ0) is 10.7. The largest absolute Gasteiger partial charge is 0.477 e. The lowest BCUT2D eigenvalue weighted by molar-refractivity contribution is 0.0702. The molecule has 2 rings (SSSR count). The smallest absolute Gasteiger partial charge is 0.345 e. The molecule has 0 saturated heterocycles. The van der Waals surface area contributed by atoms with Gasteiger partial charge >= 0.3 is 5.97 Å². The van der Waals surface area contributed by atoms with Gasteiger partial charge in [-0.05, 0) is 31.0 Å². The number of aromatic carboxylic acids is 1. The van der Waals surface area contributed by atoms with Gasteiger partial charge in [-0.3, -0.25) is 0 Å². The van der Waals surface area contributed by atoms with Crippen molar-refractivity contribution in [2.24, 2.45) is 5.92 Å². The summed E-state index contributed by atoms with van der Waals surface area (Å²) in [6, 6.07) is 3.56. The van der Waals surface area contributed by atoms with Gasteiger partial charge in [0.1, 0.15) is 4.88 Å². The van der Waals surface area contributed by atoms with Crippen molar-refractivity contribution in [3.05, 3.63) is 21.9 Å². The fraction of sp³-hybridized carbons (Fsp3) is 0.545. The molecule has 0 aromatic carbocycles. The first-order valence-corrected chi connectivity index (χ1v) is 6.10. The Morgan fingerprint density at radius 2 is 2.33 bits per heavy atom.